The lowest BCUT2D eigenvalue weighted by molar-refractivity contribution is 0.109. The van der Waals surface area contributed by atoms with Gasteiger partial charge in [0, 0.05) is 82.7 Å². The van der Waals surface area contributed by atoms with E-state index in [-0.39, 0.29) is 0 Å². The first-order chi connectivity index (χ1) is 15.2. The van der Waals surface area contributed by atoms with Crippen LogP contribution in [-0.2, 0) is 29.0 Å². The van der Waals surface area contributed by atoms with Crippen molar-refractivity contribution in [3.63, 3.8) is 0 Å². The molecule has 0 amide bonds. The van der Waals surface area contributed by atoms with Gasteiger partial charge in [0.1, 0.15) is 0 Å². The zero-order valence-corrected chi connectivity index (χ0v) is 18.7. The number of aromatic amines is 1. The maximum Gasteiger partial charge on any atom is 0.0850 e. The number of benzene rings is 2. The predicted molar refractivity (Wildman–Crippen MR) is 124 cm³/mol. The fourth-order valence-corrected chi connectivity index (χ4v) is 6.86. The molecule has 2 bridgehead atoms. The molecule has 5 nitrogen and oxygen atoms in total. The Hall–Kier alpha value is -2.41. The normalized spacial score (nSPS) is 21.7. The van der Waals surface area contributed by atoms with Crippen LogP contribution in [0.5, 0.6) is 0 Å². The monoisotopic (exact) mass is 433 g/mol. The second-order valence-electron chi connectivity index (χ2n) is 8.78. The van der Waals surface area contributed by atoms with E-state index >= 15 is 0 Å². The zero-order chi connectivity index (χ0) is 21.1. The number of hydrogen-bond acceptors (Lipinski definition) is 3. The van der Waals surface area contributed by atoms with Crippen LogP contribution in [0.25, 0.3) is 21.8 Å². The van der Waals surface area contributed by atoms with Gasteiger partial charge in [0.15, 0.2) is 0 Å². The molecule has 3 unspecified atom stereocenters. The quantitative estimate of drug-likeness (QED) is 0.503. The number of aryl methyl sites for hydroxylation is 1. The molecular formula is C25H27N3O2S. The summed E-state index contributed by atoms with van der Waals surface area (Å²) in [6, 6.07) is 15.4. The van der Waals surface area contributed by atoms with Crippen LogP contribution in [0.4, 0.5) is 0 Å². The minimum atomic E-state index is -1.21. The lowest BCUT2D eigenvalue weighted by Gasteiger charge is -2.35. The first-order valence-corrected chi connectivity index (χ1v) is 12.2. The molecule has 2 aliphatic rings. The molecule has 1 saturated heterocycles. The van der Waals surface area contributed by atoms with Gasteiger partial charge in [0.25, 0.3) is 0 Å². The highest BCUT2D eigenvalue weighted by molar-refractivity contribution is 7.85. The fourth-order valence-electron chi connectivity index (χ4n) is 5.75. The van der Waals surface area contributed by atoms with Crippen LogP contribution in [0.15, 0.2) is 58.5 Å². The molecule has 0 radical (unpaired) electrons. The molecule has 4 heterocycles. The van der Waals surface area contributed by atoms with E-state index in [1.807, 2.05) is 36.5 Å². The lowest BCUT2D eigenvalue weighted by atomic mass is 9.97. The van der Waals surface area contributed by atoms with E-state index in [1.165, 1.54) is 35.0 Å². The van der Waals surface area contributed by atoms with Gasteiger partial charge in [-0.3, -0.25) is 4.90 Å². The van der Waals surface area contributed by atoms with Crippen LogP contribution in [-0.4, -0.2) is 45.0 Å². The summed E-state index contributed by atoms with van der Waals surface area (Å²) in [4.78, 5) is 7.56. The number of fused-ring (bicyclic) bond motifs is 7. The fraction of sp³-hybridized carbons (Fsp3) is 0.360. The number of ether oxygens (including phenoxy) is 1. The van der Waals surface area contributed by atoms with Crippen molar-refractivity contribution in [2.24, 2.45) is 7.05 Å². The molecule has 1 fully saturated rings. The van der Waals surface area contributed by atoms with E-state index in [4.69, 9.17) is 4.74 Å². The Morgan fingerprint density at radius 3 is 2.84 bits per heavy atom. The third kappa shape index (κ3) is 2.93. The number of hydrogen-bond donors (Lipinski definition) is 1. The van der Waals surface area contributed by atoms with E-state index in [1.54, 1.807) is 7.11 Å². The lowest BCUT2D eigenvalue weighted by Crippen LogP contribution is -2.39. The molecule has 1 N–H and O–H groups in total. The third-order valence-corrected chi connectivity index (χ3v) is 8.61. The summed E-state index contributed by atoms with van der Waals surface area (Å²) in [6.07, 6.45) is 5.44. The topological polar surface area (TPSA) is 50.3 Å². The number of methoxy groups -OCH3 is 1. The largest absolute Gasteiger partial charge is 0.383 e. The molecule has 3 atom stereocenters. The minimum Gasteiger partial charge on any atom is -0.383 e. The van der Waals surface area contributed by atoms with Crippen molar-refractivity contribution < 1.29 is 8.95 Å². The van der Waals surface area contributed by atoms with Gasteiger partial charge in [-0.2, -0.15) is 0 Å². The number of nitrogens with zero attached hydrogens (tertiary/aromatic N) is 2. The molecule has 6 rings (SSSR count). The molecule has 2 aromatic carbocycles. The maximum atomic E-state index is 13.5. The van der Waals surface area contributed by atoms with Crippen LogP contribution in [0, 0.1) is 0 Å². The molecular weight excluding hydrogens is 406 g/mol. The highest BCUT2D eigenvalue weighted by Gasteiger charge is 2.42. The smallest absolute Gasteiger partial charge is 0.0850 e. The number of rotatable bonds is 5. The van der Waals surface area contributed by atoms with E-state index in [9.17, 15) is 4.21 Å². The van der Waals surface area contributed by atoms with Gasteiger partial charge in [-0.05, 0) is 60.9 Å². The SMILES string of the molecule is COCCN1C2CCC1c1c(n(C)c3ccc(S(=O)c4ccc5[nH]ccc5c4)cc13)C2. The van der Waals surface area contributed by atoms with E-state index < -0.39 is 10.8 Å². The molecule has 31 heavy (non-hydrogen) atoms. The van der Waals surface area contributed by atoms with Gasteiger partial charge in [0.2, 0.25) is 0 Å². The van der Waals surface area contributed by atoms with E-state index in [0.717, 1.165) is 40.3 Å². The van der Waals surface area contributed by atoms with Crippen molar-refractivity contribution in [3.05, 3.63) is 59.9 Å². The van der Waals surface area contributed by atoms with Gasteiger partial charge >= 0.3 is 0 Å². The van der Waals surface area contributed by atoms with Crippen molar-refractivity contribution in [2.45, 2.75) is 41.1 Å². The second-order valence-corrected chi connectivity index (χ2v) is 10.3. The highest BCUT2D eigenvalue weighted by atomic mass is 32.2. The minimum absolute atomic E-state index is 0.437. The maximum absolute atomic E-state index is 13.5. The predicted octanol–water partition coefficient (Wildman–Crippen LogP) is 4.53. The highest BCUT2D eigenvalue weighted by Crippen LogP contribution is 2.47. The Morgan fingerprint density at radius 2 is 1.97 bits per heavy atom. The molecule has 2 aliphatic heterocycles. The van der Waals surface area contributed by atoms with Crippen LogP contribution in [0.2, 0.25) is 0 Å². The van der Waals surface area contributed by atoms with Crippen LogP contribution >= 0.6 is 0 Å². The van der Waals surface area contributed by atoms with Crippen LogP contribution in [0.1, 0.15) is 30.1 Å². The van der Waals surface area contributed by atoms with Crippen LogP contribution < -0.4 is 0 Å². The zero-order valence-electron chi connectivity index (χ0n) is 17.9. The Kier molecular flexibility index (Phi) is 4.56. The summed E-state index contributed by atoms with van der Waals surface area (Å²) >= 11 is 0. The first-order valence-electron chi connectivity index (χ1n) is 11.0. The summed E-state index contributed by atoms with van der Waals surface area (Å²) in [7, 11) is 2.75. The van der Waals surface area contributed by atoms with E-state index in [2.05, 4.69) is 33.6 Å². The van der Waals surface area contributed by atoms with Crippen LogP contribution in [0.3, 0.4) is 0 Å². The molecule has 0 spiro atoms. The molecule has 0 aliphatic carbocycles. The van der Waals surface area contributed by atoms with Crippen molar-refractivity contribution in [2.75, 3.05) is 20.3 Å². The van der Waals surface area contributed by atoms with E-state index in [0.29, 0.717) is 12.1 Å². The molecule has 0 saturated carbocycles. The average molecular weight is 434 g/mol. The number of nitrogens with one attached hydrogen (secondary N) is 1. The van der Waals surface area contributed by atoms with Gasteiger partial charge in [-0.1, -0.05) is 0 Å². The van der Waals surface area contributed by atoms with Crippen molar-refractivity contribution in [1.29, 1.82) is 0 Å². The first kappa shape index (κ1) is 19.3. The molecule has 6 heteroatoms. The van der Waals surface area contributed by atoms with Gasteiger partial charge < -0.3 is 14.3 Å². The summed E-state index contributed by atoms with van der Waals surface area (Å²) < 4.78 is 21.2. The molecule has 160 valence electrons. The number of H-pyrrole nitrogens is 1. The Bertz CT molecular complexity index is 1320. The summed E-state index contributed by atoms with van der Waals surface area (Å²) in [5, 5.41) is 2.36. The Labute approximate surface area is 184 Å². The van der Waals surface area contributed by atoms with Crippen molar-refractivity contribution >= 4 is 32.6 Å². The van der Waals surface area contributed by atoms with Crippen molar-refractivity contribution in [1.82, 2.24) is 14.5 Å². The number of aromatic nitrogens is 2. The van der Waals surface area contributed by atoms with Gasteiger partial charge in [0.05, 0.1) is 17.4 Å². The third-order valence-electron chi connectivity index (χ3n) is 7.25. The average Bonchev–Trinajstić information content (AvgIpc) is 3.45. The van der Waals surface area contributed by atoms with Gasteiger partial charge in [-0.15, -0.1) is 0 Å². The summed E-state index contributed by atoms with van der Waals surface area (Å²) in [5.41, 5.74) is 5.21. The van der Waals surface area contributed by atoms with Gasteiger partial charge in [-0.25, -0.2) is 4.21 Å². The second kappa shape index (κ2) is 7.33. The summed E-state index contributed by atoms with van der Waals surface area (Å²) in [5.74, 6) is 0. The standard InChI is InChI=1S/C25H27N3O2S/c1-27-22-8-5-19(31(29)18-4-6-21-16(13-18)9-10-26-21)15-20(22)25-23-7-3-17(14-24(25)27)28(23)11-12-30-2/h4-6,8-10,13,15,17,23,26H,3,7,11-12,14H2,1-2H3. The Morgan fingerprint density at radius 1 is 1.13 bits per heavy atom. The molecule has 4 aromatic rings. The Balaban J connectivity index is 1.44. The van der Waals surface area contributed by atoms with Crippen molar-refractivity contribution in [3.8, 4) is 0 Å². The molecule has 2 aromatic heterocycles. The summed E-state index contributed by atoms with van der Waals surface area (Å²) in [6.45, 7) is 1.74.